The standard InChI is InChI=1S/C11H17NO2/c1-3-14-11-6-8(2)4-5-9(11)10(13)7-12/h4-6,10,13H,3,7,12H2,1-2H3. The van der Waals surface area contributed by atoms with Crippen LogP contribution in [-0.4, -0.2) is 18.3 Å². The van der Waals surface area contributed by atoms with Crippen LogP contribution in [0.3, 0.4) is 0 Å². The van der Waals surface area contributed by atoms with Crippen LogP contribution in [0.15, 0.2) is 18.2 Å². The first-order valence-corrected chi connectivity index (χ1v) is 4.80. The maximum atomic E-state index is 9.62. The number of nitrogens with two attached hydrogens (primary N) is 1. The van der Waals surface area contributed by atoms with Gasteiger partial charge in [0.25, 0.3) is 0 Å². The highest BCUT2D eigenvalue weighted by Crippen LogP contribution is 2.25. The van der Waals surface area contributed by atoms with Crippen LogP contribution in [0.1, 0.15) is 24.2 Å². The second-order valence-corrected chi connectivity index (χ2v) is 3.23. The predicted octanol–water partition coefficient (Wildman–Crippen LogP) is 1.39. The summed E-state index contributed by atoms with van der Waals surface area (Å²) in [7, 11) is 0. The number of benzene rings is 1. The molecule has 78 valence electrons. The van der Waals surface area contributed by atoms with E-state index in [-0.39, 0.29) is 6.54 Å². The highest BCUT2D eigenvalue weighted by molar-refractivity contribution is 5.38. The Morgan fingerprint density at radius 2 is 2.21 bits per heavy atom. The smallest absolute Gasteiger partial charge is 0.125 e. The van der Waals surface area contributed by atoms with E-state index in [1.165, 1.54) is 0 Å². The van der Waals surface area contributed by atoms with Crippen LogP contribution in [0.2, 0.25) is 0 Å². The lowest BCUT2D eigenvalue weighted by molar-refractivity contribution is 0.180. The molecule has 0 aliphatic heterocycles. The van der Waals surface area contributed by atoms with Crippen molar-refractivity contribution >= 4 is 0 Å². The summed E-state index contributed by atoms with van der Waals surface area (Å²) in [6.45, 7) is 4.71. The normalized spacial score (nSPS) is 12.6. The number of aliphatic hydroxyl groups is 1. The lowest BCUT2D eigenvalue weighted by Gasteiger charge is -2.14. The largest absolute Gasteiger partial charge is 0.493 e. The minimum absolute atomic E-state index is 0.211. The lowest BCUT2D eigenvalue weighted by atomic mass is 10.1. The molecule has 0 aliphatic rings. The van der Waals surface area contributed by atoms with Gasteiger partial charge in [-0.2, -0.15) is 0 Å². The third-order valence-corrected chi connectivity index (χ3v) is 2.05. The van der Waals surface area contributed by atoms with Gasteiger partial charge in [0.05, 0.1) is 12.7 Å². The van der Waals surface area contributed by atoms with Crippen LogP contribution in [0.25, 0.3) is 0 Å². The Bertz CT molecular complexity index is 299. The third-order valence-electron chi connectivity index (χ3n) is 2.05. The second kappa shape index (κ2) is 4.98. The van der Waals surface area contributed by atoms with Crippen molar-refractivity contribution in [3.05, 3.63) is 29.3 Å². The minimum atomic E-state index is -0.642. The molecule has 0 heterocycles. The summed E-state index contributed by atoms with van der Waals surface area (Å²) >= 11 is 0. The van der Waals surface area contributed by atoms with Crippen LogP contribution < -0.4 is 10.5 Å². The molecule has 0 aliphatic carbocycles. The Labute approximate surface area is 84.5 Å². The Morgan fingerprint density at radius 3 is 2.79 bits per heavy atom. The summed E-state index contributed by atoms with van der Waals surface area (Å²) in [5, 5.41) is 9.62. The maximum absolute atomic E-state index is 9.62. The molecule has 3 nitrogen and oxygen atoms in total. The van der Waals surface area contributed by atoms with Crippen LogP contribution in [0.4, 0.5) is 0 Å². The molecule has 0 radical (unpaired) electrons. The van der Waals surface area contributed by atoms with Crippen molar-refractivity contribution < 1.29 is 9.84 Å². The third kappa shape index (κ3) is 2.47. The summed E-state index contributed by atoms with van der Waals surface area (Å²) in [4.78, 5) is 0. The van der Waals surface area contributed by atoms with Crippen molar-refractivity contribution in [2.24, 2.45) is 5.73 Å². The van der Waals surface area contributed by atoms with Gasteiger partial charge in [-0.3, -0.25) is 0 Å². The maximum Gasteiger partial charge on any atom is 0.125 e. The number of rotatable bonds is 4. The molecule has 0 amide bonds. The highest BCUT2D eigenvalue weighted by atomic mass is 16.5. The van der Waals surface area contributed by atoms with Gasteiger partial charge in [-0.25, -0.2) is 0 Å². The molecule has 3 heteroatoms. The molecule has 1 aromatic carbocycles. The molecule has 0 fully saturated rings. The minimum Gasteiger partial charge on any atom is -0.493 e. The summed E-state index contributed by atoms with van der Waals surface area (Å²) in [6.07, 6.45) is -0.642. The summed E-state index contributed by atoms with van der Waals surface area (Å²) in [5.41, 5.74) is 7.28. The molecular weight excluding hydrogens is 178 g/mol. The van der Waals surface area contributed by atoms with Gasteiger partial charge >= 0.3 is 0 Å². The molecule has 3 N–H and O–H groups in total. The van der Waals surface area contributed by atoms with Crippen LogP contribution in [-0.2, 0) is 0 Å². The van der Waals surface area contributed by atoms with Gasteiger partial charge in [-0.15, -0.1) is 0 Å². The van der Waals surface area contributed by atoms with Crippen LogP contribution in [0.5, 0.6) is 5.75 Å². The number of hydrogen-bond donors (Lipinski definition) is 2. The topological polar surface area (TPSA) is 55.5 Å². The van der Waals surface area contributed by atoms with Crippen molar-refractivity contribution in [1.82, 2.24) is 0 Å². The molecule has 0 saturated carbocycles. The fourth-order valence-corrected chi connectivity index (χ4v) is 1.32. The van der Waals surface area contributed by atoms with E-state index in [0.717, 1.165) is 16.9 Å². The lowest BCUT2D eigenvalue weighted by Crippen LogP contribution is -2.13. The molecule has 0 aromatic heterocycles. The van der Waals surface area contributed by atoms with E-state index in [1.54, 1.807) is 0 Å². The Balaban J connectivity index is 3.01. The Kier molecular flexibility index (Phi) is 3.92. The number of hydrogen-bond acceptors (Lipinski definition) is 3. The fourth-order valence-electron chi connectivity index (χ4n) is 1.32. The molecule has 14 heavy (non-hydrogen) atoms. The van der Waals surface area contributed by atoms with E-state index in [0.29, 0.717) is 6.61 Å². The van der Waals surface area contributed by atoms with E-state index in [4.69, 9.17) is 10.5 Å². The van der Waals surface area contributed by atoms with Gasteiger partial charge < -0.3 is 15.6 Å². The van der Waals surface area contributed by atoms with Crippen molar-refractivity contribution in [3.8, 4) is 5.75 Å². The fraction of sp³-hybridized carbons (Fsp3) is 0.455. The average molecular weight is 195 g/mol. The van der Waals surface area contributed by atoms with Crippen molar-refractivity contribution in [2.45, 2.75) is 20.0 Å². The van der Waals surface area contributed by atoms with E-state index in [2.05, 4.69) is 0 Å². The monoisotopic (exact) mass is 195 g/mol. The quantitative estimate of drug-likeness (QED) is 0.763. The molecule has 1 atom stereocenters. The molecule has 0 saturated heterocycles. The number of aliphatic hydroxyl groups excluding tert-OH is 1. The first-order valence-electron chi connectivity index (χ1n) is 4.80. The van der Waals surface area contributed by atoms with Crippen LogP contribution in [0, 0.1) is 6.92 Å². The number of ether oxygens (including phenoxy) is 1. The van der Waals surface area contributed by atoms with Gasteiger partial charge in [0.15, 0.2) is 0 Å². The van der Waals surface area contributed by atoms with Gasteiger partial charge in [-0.1, -0.05) is 12.1 Å². The van der Waals surface area contributed by atoms with Crippen LogP contribution >= 0.6 is 0 Å². The molecular formula is C11H17NO2. The highest BCUT2D eigenvalue weighted by Gasteiger charge is 2.11. The van der Waals surface area contributed by atoms with Crippen molar-refractivity contribution in [1.29, 1.82) is 0 Å². The molecule has 0 spiro atoms. The molecule has 0 bridgehead atoms. The van der Waals surface area contributed by atoms with E-state index in [1.807, 2.05) is 32.0 Å². The van der Waals surface area contributed by atoms with Gasteiger partial charge in [0, 0.05) is 12.1 Å². The molecule has 1 rings (SSSR count). The van der Waals surface area contributed by atoms with Gasteiger partial charge in [-0.05, 0) is 25.5 Å². The zero-order valence-corrected chi connectivity index (χ0v) is 8.66. The van der Waals surface area contributed by atoms with Gasteiger partial charge in [0.1, 0.15) is 5.75 Å². The first kappa shape index (κ1) is 11.0. The second-order valence-electron chi connectivity index (χ2n) is 3.23. The van der Waals surface area contributed by atoms with Gasteiger partial charge in [0.2, 0.25) is 0 Å². The zero-order chi connectivity index (χ0) is 10.6. The summed E-state index contributed by atoms with van der Waals surface area (Å²) in [5.74, 6) is 0.727. The average Bonchev–Trinajstić information content (AvgIpc) is 2.17. The Morgan fingerprint density at radius 1 is 1.50 bits per heavy atom. The molecule has 1 unspecified atom stereocenters. The first-order chi connectivity index (χ1) is 6.69. The summed E-state index contributed by atoms with van der Waals surface area (Å²) < 4.78 is 5.43. The zero-order valence-electron chi connectivity index (χ0n) is 8.66. The number of aryl methyl sites for hydroxylation is 1. The van der Waals surface area contributed by atoms with Crippen molar-refractivity contribution in [3.63, 3.8) is 0 Å². The van der Waals surface area contributed by atoms with E-state index >= 15 is 0 Å². The van der Waals surface area contributed by atoms with E-state index < -0.39 is 6.10 Å². The van der Waals surface area contributed by atoms with E-state index in [9.17, 15) is 5.11 Å². The predicted molar refractivity (Wildman–Crippen MR) is 56.4 cm³/mol. The molecule has 1 aromatic rings. The Hall–Kier alpha value is -1.06. The summed E-state index contributed by atoms with van der Waals surface area (Å²) in [6, 6.07) is 5.71. The van der Waals surface area contributed by atoms with Crippen molar-refractivity contribution in [2.75, 3.05) is 13.2 Å². The SMILES string of the molecule is CCOc1cc(C)ccc1C(O)CN.